The summed E-state index contributed by atoms with van der Waals surface area (Å²) >= 11 is 0. The lowest BCUT2D eigenvalue weighted by Crippen LogP contribution is -2.04. The Morgan fingerprint density at radius 3 is 2.33 bits per heavy atom. The average molecular weight is 254 g/mol. The molecule has 1 heterocycles. The van der Waals surface area contributed by atoms with Crippen LogP contribution >= 0.6 is 0 Å². The zero-order valence-corrected chi connectivity index (χ0v) is 9.15. The van der Waals surface area contributed by atoms with Gasteiger partial charge in [0.15, 0.2) is 0 Å². The van der Waals surface area contributed by atoms with E-state index >= 15 is 0 Å². The van der Waals surface area contributed by atoms with E-state index in [2.05, 4.69) is 9.97 Å². The maximum atomic E-state index is 12.4. The van der Waals surface area contributed by atoms with Crippen LogP contribution in [0.25, 0.3) is 11.3 Å². The van der Waals surface area contributed by atoms with Crippen LogP contribution in [-0.2, 0) is 12.8 Å². The van der Waals surface area contributed by atoms with Gasteiger partial charge < -0.3 is 5.11 Å². The molecule has 6 heteroatoms. The summed E-state index contributed by atoms with van der Waals surface area (Å²) in [5.41, 5.74) is 0.693. The maximum absolute atomic E-state index is 12.4. The topological polar surface area (TPSA) is 46.0 Å². The second-order valence-corrected chi connectivity index (χ2v) is 3.63. The van der Waals surface area contributed by atoms with Crippen LogP contribution in [0.1, 0.15) is 11.1 Å². The summed E-state index contributed by atoms with van der Waals surface area (Å²) in [5, 5.41) is 9.10. The summed E-state index contributed by atoms with van der Waals surface area (Å²) < 4.78 is 37.2. The van der Waals surface area contributed by atoms with Crippen molar-refractivity contribution in [3.63, 3.8) is 0 Å². The molecule has 0 amide bonds. The second-order valence-electron chi connectivity index (χ2n) is 3.63. The van der Waals surface area contributed by atoms with Gasteiger partial charge in [-0.25, -0.2) is 9.97 Å². The van der Waals surface area contributed by atoms with Crippen molar-refractivity contribution >= 4 is 0 Å². The lowest BCUT2D eigenvalue weighted by atomic mass is 10.1. The highest BCUT2D eigenvalue weighted by Crippen LogP contribution is 2.31. The van der Waals surface area contributed by atoms with E-state index in [-0.39, 0.29) is 6.61 Å². The van der Waals surface area contributed by atoms with Crippen LogP contribution in [0.3, 0.4) is 0 Å². The van der Waals surface area contributed by atoms with Crippen LogP contribution in [0.5, 0.6) is 0 Å². The molecule has 1 aromatic carbocycles. The number of aliphatic hydroxyl groups excluding tert-OH is 1. The Labute approximate surface area is 101 Å². The number of aromatic nitrogens is 2. The molecular formula is C12H9F3N2O. The third kappa shape index (κ3) is 2.48. The first-order chi connectivity index (χ1) is 8.52. The molecule has 2 rings (SSSR count). The molecule has 0 aliphatic heterocycles. The summed E-state index contributed by atoms with van der Waals surface area (Å²) in [6.45, 7) is -0.267. The van der Waals surface area contributed by atoms with Gasteiger partial charge in [0.1, 0.15) is 6.33 Å². The van der Waals surface area contributed by atoms with E-state index < -0.39 is 11.7 Å². The van der Waals surface area contributed by atoms with Crippen LogP contribution in [0.2, 0.25) is 0 Å². The van der Waals surface area contributed by atoms with Crippen LogP contribution in [0, 0.1) is 0 Å². The Bertz CT molecular complexity index is 538. The SMILES string of the molecule is OCc1cncnc1-c1ccc(C(F)(F)F)cc1. The molecule has 0 aliphatic rings. The largest absolute Gasteiger partial charge is 0.416 e. The molecule has 0 saturated heterocycles. The van der Waals surface area contributed by atoms with Crippen molar-refractivity contribution in [3.8, 4) is 11.3 Å². The van der Waals surface area contributed by atoms with Crippen molar-refractivity contribution in [1.29, 1.82) is 0 Å². The van der Waals surface area contributed by atoms with Crippen molar-refractivity contribution in [3.05, 3.63) is 47.9 Å². The highest BCUT2D eigenvalue weighted by atomic mass is 19.4. The smallest absolute Gasteiger partial charge is 0.392 e. The number of rotatable bonds is 2. The fraction of sp³-hybridized carbons (Fsp3) is 0.167. The summed E-state index contributed by atoms with van der Waals surface area (Å²) in [7, 11) is 0. The van der Waals surface area contributed by atoms with Crippen molar-refractivity contribution in [2.24, 2.45) is 0 Å². The minimum Gasteiger partial charge on any atom is -0.392 e. The maximum Gasteiger partial charge on any atom is 0.416 e. The molecule has 0 fully saturated rings. The van der Waals surface area contributed by atoms with Crippen molar-refractivity contribution < 1.29 is 18.3 Å². The molecule has 2 aromatic rings. The Morgan fingerprint density at radius 1 is 1.11 bits per heavy atom. The summed E-state index contributed by atoms with van der Waals surface area (Å²) in [6.07, 6.45) is -1.64. The number of alkyl halides is 3. The summed E-state index contributed by atoms with van der Waals surface area (Å²) in [4.78, 5) is 7.71. The predicted octanol–water partition coefficient (Wildman–Crippen LogP) is 2.65. The van der Waals surface area contributed by atoms with E-state index in [0.717, 1.165) is 12.1 Å². The molecular weight excluding hydrogens is 245 g/mol. The van der Waals surface area contributed by atoms with Crippen molar-refractivity contribution in [1.82, 2.24) is 9.97 Å². The molecule has 0 saturated carbocycles. The van der Waals surface area contributed by atoms with Gasteiger partial charge in [-0.15, -0.1) is 0 Å². The Balaban J connectivity index is 2.41. The Kier molecular flexibility index (Phi) is 3.29. The molecule has 1 N–H and O–H groups in total. The number of benzene rings is 1. The lowest BCUT2D eigenvalue weighted by Gasteiger charge is -2.08. The normalized spacial score (nSPS) is 11.6. The highest BCUT2D eigenvalue weighted by Gasteiger charge is 2.30. The molecule has 94 valence electrons. The van der Waals surface area contributed by atoms with Gasteiger partial charge in [0.25, 0.3) is 0 Å². The molecule has 1 aromatic heterocycles. The average Bonchev–Trinajstić information content (AvgIpc) is 2.38. The molecule has 0 radical (unpaired) electrons. The van der Waals surface area contributed by atoms with Gasteiger partial charge in [0.2, 0.25) is 0 Å². The molecule has 3 nitrogen and oxygen atoms in total. The van der Waals surface area contributed by atoms with Gasteiger partial charge in [0.05, 0.1) is 17.9 Å². The van der Waals surface area contributed by atoms with Gasteiger partial charge >= 0.3 is 6.18 Å². The number of aliphatic hydroxyl groups is 1. The number of nitrogens with zero attached hydrogens (tertiary/aromatic N) is 2. The molecule has 0 spiro atoms. The first kappa shape index (κ1) is 12.5. The van der Waals surface area contributed by atoms with Crippen LogP contribution in [0.15, 0.2) is 36.8 Å². The standard InChI is InChI=1S/C12H9F3N2O/c13-12(14,15)10-3-1-8(2-4-10)11-9(6-18)5-16-7-17-11/h1-5,7,18H,6H2. The van der Waals surface area contributed by atoms with Gasteiger partial charge in [-0.05, 0) is 12.1 Å². The molecule has 0 unspecified atom stereocenters. The third-order valence-electron chi connectivity index (χ3n) is 2.44. The number of hydrogen-bond acceptors (Lipinski definition) is 3. The molecule has 0 atom stereocenters. The lowest BCUT2D eigenvalue weighted by molar-refractivity contribution is -0.137. The van der Waals surface area contributed by atoms with E-state index in [4.69, 9.17) is 5.11 Å². The van der Waals surface area contributed by atoms with Crippen LogP contribution in [-0.4, -0.2) is 15.1 Å². The Morgan fingerprint density at radius 2 is 1.78 bits per heavy atom. The zero-order chi connectivity index (χ0) is 13.2. The van der Waals surface area contributed by atoms with Crippen molar-refractivity contribution in [2.75, 3.05) is 0 Å². The van der Waals surface area contributed by atoms with Gasteiger partial charge in [0, 0.05) is 17.3 Å². The van der Waals surface area contributed by atoms with Gasteiger partial charge in [-0.1, -0.05) is 12.1 Å². The van der Waals surface area contributed by atoms with Gasteiger partial charge in [-0.2, -0.15) is 13.2 Å². The molecule has 0 bridgehead atoms. The minimum atomic E-state index is -4.36. The first-order valence-corrected chi connectivity index (χ1v) is 5.09. The van der Waals surface area contributed by atoms with E-state index in [9.17, 15) is 13.2 Å². The number of halogens is 3. The quantitative estimate of drug-likeness (QED) is 0.896. The van der Waals surface area contributed by atoms with Crippen molar-refractivity contribution in [2.45, 2.75) is 12.8 Å². The van der Waals surface area contributed by atoms with Gasteiger partial charge in [-0.3, -0.25) is 0 Å². The Hall–Kier alpha value is -1.95. The first-order valence-electron chi connectivity index (χ1n) is 5.09. The fourth-order valence-corrected chi connectivity index (χ4v) is 1.55. The van der Waals surface area contributed by atoms with E-state index in [0.29, 0.717) is 16.8 Å². The van der Waals surface area contributed by atoms with E-state index in [1.54, 1.807) is 0 Å². The van der Waals surface area contributed by atoms with Crippen LogP contribution < -0.4 is 0 Å². The van der Waals surface area contributed by atoms with E-state index in [1.807, 2.05) is 0 Å². The van der Waals surface area contributed by atoms with Crippen LogP contribution in [0.4, 0.5) is 13.2 Å². The predicted molar refractivity (Wildman–Crippen MR) is 58.4 cm³/mol. The number of hydrogen-bond donors (Lipinski definition) is 1. The molecule has 18 heavy (non-hydrogen) atoms. The second kappa shape index (κ2) is 4.73. The minimum absolute atomic E-state index is 0.267. The monoisotopic (exact) mass is 254 g/mol. The molecule has 0 aliphatic carbocycles. The van der Waals surface area contributed by atoms with E-state index in [1.165, 1.54) is 24.7 Å². The third-order valence-corrected chi connectivity index (χ3v) is 2.44. The fourth-order valence-electron chi connectivity index (χ4n) is 1.55. The summed E-state index contributed by atoms with van der Waals surface area (Å²) in [5.74, 6) is 0. The summed E-state index contributed by atoms with van der Waals surface area (Å²) in [6, 6.07) is 4.62. The zero-order valence-electron chi connectivity index (χ0n) is 9.15. The highest BCUT2D eigenvalue weighted by molar-refractivity contribution is 5.62.